The Morgan fingerprint density at radius 1 is 0.339 bits per heavy atom. The van der Waals surface area contributed by atoms with Gasteiger partial charge in [-0.1, -0.05) is 158 Å². The monoisotopic (exact) mass is 752 g/mol. The average Bonchev–Trinajstić information content (AvgIpc) is 3.31. The Morgan fingerprint density at radius 3 is 1.47 bits per heavy atom. The van der Waals surface area contributed by atoms with Gasteiger partial charge in [-0.2, -0.15) is 0 Å². The van der Waals surface area contributed by atoms with Crippen LogP contribution in [0.2, 0.25) is 0 Å². The number of hydrogen-bond acceptors (Lipinski definition) is 4. The molecule has 0 unspecified atom stereocenters. The zero-order valence-corrected chi connectivity index (χ0v) is 32.1. The van der Waals surface area contributed by atoms with Crippen molar-refractivity contribution in [3.8, 4) is 44.5 Å². The Kier molecular flexibility index (Phi) is 8.45. The number of benzene rings is 9. The van der Waals surface area contributed by atoms with Crippen LogP contribution in [0.15, 0.2) is 219 Å². The molecule has 0 saturated heterocycles. The second kappa shape index (κ2) is 14.5. The minimum absolute atomic E-state index is 0.827. The first-order valence-electron chi connectivity index (χ1n) is 19.9. The van der Waals surface area contributed by atoms with Crippen LogP contribution in [-0.2, 0) is 0 Å². The molecule has 0 amide bonds. The largest absolute Gasteiger partial charge is 0.294 e. The van der Waals surface area contributed by atoms with Crippen LogP contribution < -0.4 is 4.90 Å². The summed E-state index contributed by atoms with van der Waals surface area (Å²) in [5, 5.41) is 8.50. The minimum atomic E-state index is 0.827. The van der Waals surface area contributed by atoms with Gasteiger partial charge in [-0.05, 0) is 119 Å². The zero-order valence-electron chi connectivity index (χ0n) is 32.1. The third kappa shape index (κ3) is 6.06. The number of nitrogens with zero attached hydrogens (tertiary/aromatic N) is 4. The van der Waals surface area contributed by atoms with Gasteiger partial charge in [0.2, 0.25) is 0 Å². The summed E-state index contributed by atoms with van der Waals surface area (Å²) in [7, 11) is 0. The first-order chi connectivity index (χ1) is 29.3. The van der Waals surface area contributed by atoms with Crippen molar-refractivity contribution in [3.05, 3.63) is 219 Å². The molecular formula is C55H36N4. The lowest BCUT2D eigenvalue weighted by atomic mass is 9.84. The van der Waals surface area contributed by atoms with Crippen LogP contribution >= 0.6 is 0 Å². The Balaban J connectivity index is 0.982. The molecule has 0 aliphatic carbocycles. The molecule has 59 heavy (non-hydrogen) atoms. The number of anilines is 3. The van der Waals surface area contributed by atoms with Gasteiger partial charge in [-0.15, -0.1) is 0 Å². The standard InChI is InChI=1S/C55H36N4/c1-2-14-45-40(11-1)12-9-20-46(45)54-49-17-5-3-15-47(49)53(48-16-4-6-18-50(48)54)41-24-22-37(23-25-41)38-26-30-43(31-27-38)59(55-51-19-7-8-21-52(51)57-36-58-55)44-32-28-39(29-33-44)42-13-10-34-56-35-42/h1-36H. The summed E-state index contributed by atoms with van der Waals surface area (Å²) in [6, 6.07) is 71.7. The van der Waals surface area contributed by atoms with Crippen molar-refractivity contribution in [2.45, 2.75) is 0 Å². The maximum atomic E-state index is 4.84. The van der Waals surface area contributed by atoms with Gasteiger partial charge in [0.1, 0.15) is 12.1 Å². The first kappa shape index (κ1) is 34.3. The molecule has 9 aromatic carbocycles. The third-order valence-electron chi connectivity index (χ3n) is 11.5. The van der Waals surface area contributed by atoms with E-state index in [0.717, 1.165) is 50.3 Å². The van der Waals surface area contributed by atoms with E-state index in [9.17, 15) is 0 Å². The molecule has 0 spiro atoms. The number of fused-ring (bicyclic) bond motifs is 4. The van der Waals surface area contributed by atoms with Crippen LogP contribution in [0.3, 0.4) is 0 Å². The molecule has 0 fully saturated rings. The lowest BCUT2D eigenvalue weighted by Crippen LogP contribution is -2.12. The van der Waals surface area contributed by atoms with Crippen LogP contribution in [0.25, 0.3) is 87.7 Å². The second-order valence-corrected chi connectivity index (χ2v) is 14.8. The van der Waals surface area contributed by atoms with Gasteiger partial charge in [0.25, 0.3) is 0 Å². The van der Waals surface area contributed by atoms with E-state index in [2.05, 4.69) is 191 Å². The topological polar surface area (TPSA) is 41.9 Å². The number of para-hydroxylation sites is 1. The van der Waals surface area contributed by atoms with Crippen molar-refractivity contribution in [3.63, 3.8) is 0 Å². The van der Waals surface area contributed by atoms with Gasteiger partial charge in [-0.3, -0.25) is 9.88 Å². The van der Waals surface area contributed by atoms with E-state index >= 15 is 0 Å². The van der Waals surface area contributed by atoms with E-state index in [0.29, 0.717) is 0 Å². The smallest absolute Gasteiger partial charge is 0.148 e. The molecule has 2 aromatic heterocycles. The Bertz CT molecular complexity index is 3240. The van der Waals surface area contributed by atoms with Crippen LogP contribution in [-0.4, -0.2) is 15.0 Å². The third-order valence-corrected chi connectivity index (χ3v) is 11.5. The van der Waals surface area contributed by atoms with E-state index < -0.39 is 0 Å². The number of hydrogen-bond donors (Lipinski definition) is 0. The highest BCUT2D eigenvalue weighted by atomic mass is 15.2. The summed E-state index contributed by atoms with van der Waals surface area (Å²) in [4.78, 5) is 15.9. The molecule has 11 aromatic rings. The van der Waals surface area contributed by atoms with Gasteiger partial charge in [0.15, 0.2) is 0 Å². The molecule has 0 radical (unpaired) electrons. The fourth-order valence-corrected chi connectivity index (χ4v) is 8.70. The highest BCUT2D eigenvalue weighted by molar-refractivity contribution is 6.23. The van der Waals surface area contributed by atoms with Crippen molar-refractivity contribution in [1.82, 2.24) is 15.0 Å². The minimum Gasteiger partial charge on any atom is -0.294 e. The summed E-state index contributed by atoms with van der Waals surface area (Å²) >= 11 is 0. The van der Waals surface area contributed by atoms with Crippen LogP contribution in [0.5, 0.6) is 0 Å². The summed E-state index contributed by atoms with van der Waals surface area (Å²) < 4.78 is 0. The van der Waals surface area contributed by atoms with E-state index in [1.807, 2.05) is 30.5 Å². The van der Waals surface area contributed by atoms with Crippen molar-refractivity contribution < 1.29 is 0 Å². The Morgan fingerprint density at radius 2 is 0.847 bits per heavy atom. The lowest BCUT2D eigenvalue weighted by molar-refractivity contribution is 1.15. The predicted molar refractivity (Wildman–Crippen MR) is 246 cm³/mol. The molecule has 2 heterocycles. The van der Waals surface area contributed by atoms with Crippen LogP contribution in [0, 0.1) is 0 Å². The number of aromatic nitrogens is 3. The fraction of sp³-hybridized carbons (Fsp3) is 0. The molecule has 0 bridgehead atoms. The summed E-state index contributed by atoms with van der Waals surface area (Å²) in [6.07, 6.45) is 5.34. The Hall–Kier alpha value is -7.95. The van der Waals surface area contributed by atoms with Crippen LogP contribution in [0.1, 0.15) is 0 Å². The quantitative estimate of drug-likeness (QED) is 0.152. The normalized spacial score (nSPS) is 11.4. The van der Waals surface area contributed by atoms with Gasteiger partial charge in [0, 0.05) is 29.2 Å². The van der Waals surface area contributed by atoms with Crippen molar-refractivity contribution in [2.24, 2.45) is 0 Å². The summed E-state index contributed by atoms with van der Waals surface area (Å²) in [5.41, 5.74) is 12.4. The number of rotatable bonds is 7. The molecule has 0 aliphatic heterocycles. The first-order valence-corrected chi connectivity index (χ1v) is 19.9. The van der Waals surface area contributed by atoms with Crippen molar-refractivity contribution in [1.29, 1.82) is 0 Å². The highest BCUT2D eigenvalue weighted by Gasteiger charge is 2.20. The van der Waals surface area contributed by atoms with Crippen LogP contribution in [0.4, 0.5) is 17.2 Å². The Labute approximate surface area is 342 Å². The lowest BCUT2D eigenvalue weighted by Gasteiger charge is -2.25. The molecule has 0 N–H and O–H groups in total. The zero-order chi connectivity index (χ0) is 39.1. The average molecular weight is 753 g/mol. The maximum absolute atomic E-state index is 4.84. The van der Waals surface area contributed by atoms with Gasteiger partial charge >= 0.3 is 0 Å². The molecule has 4 heteroatoms. The van der Waals surface area contributed by atoms with E-state index in [1.165, 1.54) is 54.6 Å². The molecule has 4 nitrogen and oxygen atoms in total. The molecular weight excluding hydrogens is 717 g/mol. The summed E-state index contributed by atoms with van der Waals surface area (Å²) in [5.74, 6) is 0.827. The number of pyridine rings is 1. The SMILES string of the molecule is c1cncc(-c2ccc(N(c3ccc(-c4ccc(-c5c6ccccc6c(-c6cccc7ccccc67)c6ccccc56)cc4)cc3)c3ncnc4ccccc34)cc2)c1. The van der Waals surface area contributed by atoms with E-state index in [-0.39, 0.29) is 0 Å². The second-order valence-electron chi connectivity index (χ2n) is 14.8. The predicted octanol–water partition coefficient (Wildman–Crippen LogP) is 14.6. The van der Waals surface area contributed by atoms with Gasteiger partial charge in [0.05, 0.1) is 5.52 Å². The molecule has 0 aliphatic rings. The summed E-state index contributed by atoms with van der Waals surface area (Å²) in [6.45, 7) is 0. The molecule has 0 saturated carbocycles. The fourth-order valence-electron chi connectivity index (χ4n) is 8.70. The van der Waals surface area contributed by atoms with Gasteiger partial charge in [-0.25, -0.2) is 9.97 Å². The van der Waals surface area contributed by atoms with E-state index in [4.69, 9.17) is 4.98 Å². The molecule has 11 rings (SSSR count). The van der Waals surface area contributed by atoms with E-state index in [1.54, 1.807) is 12.5 Å². The van der Waals surface area contributed by atoms with Gasteiger partial charge < -0.3 is 0 Å². The van der Waals surface area contributed by atoms with Crippen molar-refractivity contribution >= 4 is 60.4 Å². The maximum Gasteiger partial charge on any atom is 0.148 e. The molecule has 0 atom stereocenters. The molecule has 276 valence electrons. The van der Waals surface area contributed by atoms with Crippen molar-refractivity contribution in [2.75, 3.05) is 4.90 Å². The highest BCUT2D eigenvalue weighted by Crippen LogP contribution is 2.46.